The highest BCUT2D eigenvalue weighted by Crippen LogP contribution is 2.18. The molecular weight excluding hydrogens is 791 g/mol. The summed E-state index contributed by atoms with van der Waals surface area (Å²) in [6.45, 7) is 6.46. The van der Waals surface area contributed by atoms with Gasteiger partial charge < -0.3 is 20.3 Å². The molecule has 0 aromatic rings. The predicted molar refractivity (Wildman–Crippen MR) is 278 cm³/mol. The number of carbonyl (C=O) groups excluding carboxylic acids is 2. The van der Waals surface area contributed by atoms with Gasteiger partial charge in [0.1, 0.15) is 6.10 Å². The zero-order valence-electron chi connectivity index (χ0n) is 42.7. The maximum Gasteiger partial charge on any atom is 0.306 e. The standard InChI is InChI=1S/C58H107NO5/c1-4-7-10-13-16-19-22-25-27-29-32-34-37-40-43-46-49-54(64-58(63)51-48-45-42-39-36-33-30-28-26-23-20-17-14-11-8-5-2)52-57(62)59-55(53-60)56(61)50-47-44-41-38-35-31-24-21-18-15-12-9-6-3/h16,19,22,25,27,29,32,34,54-56,60-61H,4-15,17-18,20-21,23-24,26,28,30-31,33,35-53H2,1-3H3,(H,59,62)/b19-16+,25-22+,29-27+,34-32+. The minimum Gasteiger partial charge on any atom is -0.462 e. The van der Waals surface area contributed by atoms with Gasteiger partial charge in [0.2, 0.25) is 5.91 Å². The van der Waals surface area contributed by atoms with E-state index < -0.39 is 18.2 Å². The number of hydrogen-bond donors (Lipinski definition) is 3. The number of hydrogen-bond acceptors (Lipinski definition) is 5. The van der Waals surface area contributed by atoms with E-state index in [0.717, 1.165) is 70.6 Å². The van der Waals surface area contributed by atoms with Crippen LogP contribution in [0.15, 0.2) is 48.6 Å². The number of esters is 1. The Balaban J connectivity index is 4.63. The fourth-order valence-electron chi connectivity index (χ4n) is 8.50. The van der Waals surface area contributed by atoms with Crippen LogP contribution in [0.2, 0.25) is 0 Å². The topological polar surface area (TPSA) is 95.9 Å². The summed E-state index contributed by atoms with van der Waals surface area (Å²) in [5.41, 5.74) is 0. The van der Waals surface area contributed by atoms with E-state index in [1.165, 1.54) is 167 Å². The zero-order valence-corrected chi connectivity index (χ0v) is 42.7. The maximum absolute atomic E-state index is 13.2. The van der Waals surface area contributed by atoms with E-state index in [0.29, 0.717) is 19.3 Å². The lowest BCUT2D eigenvalue weighted by Gasteiger charge is -2.24. The second-order valence-corrected chi connectivity index (χ2v) is 19.1. The second kappa shape index (κ2) is 51.8. The van der Waals surface area contributed by atoms with Crippen LogP contribution in [0, 0.1) is 0 Å². The number of allylic oxidation sites excluding steroid dienone is 8. The average Bonchev–Trinajstić information content (AvgIpc) is 3.29. The Hall–Kier alpha value is -2.18. The van der Waals surface area contributed by atoms with Crippen LogP contribution in [0.1, 0.15) is 284 Å². The molecule has 0 radical (unpaired) electrons. The maximum atomic E-state index is 13.2. The van der Waals surface area contributed by atoms with Crippen molar-refractivity contribution >= 4 is 11.9 Å². The molecule has 3 atom stereocenters. The van der Waals surface area contributed by atoms with E-state index >= 15 is 0 Å². The number of nitrogens with one attached hydrogen (secondary N) is 1. The van der Waals surface area contributed by atoms with Crippen LogP contribution in [-0.2, 0) is 14.3 Å². The largest absolute Gasteiger partial charge is 0.462 e. The molecule has 0 aromatic carbocycles. The summed E-state index contributed by atoms with van der Waals surface area (Å²) in [7, 11) is 0. The molecule has 374 valence electrons. The molecule has 0 saturated carbocycles. The fourth-order valence-corrected chi connectivity index (χ4v) is 8.50. The van der Waals surface area contributed by atoms with Gasteiger partial charge in [-0.05, 0) is 51.4 Å². The molecule has 1 amide bonds. The normalized spacial score (nSPS) is 13.5. The van der Waals surface area contributed by atoms with Gasteiger partial charge in [-0.25, -0.2) is 0 Å². The Morgan fingerprint density at radius 3 is 1.23 bits per heavy atom. The third kappa shape index (κ3) is 46.4. The lowest BCUT2D eigenvalue weighted by Crippen LogP contribution is -2.46. The van der Waals surface area contributed by atoms with Crippen LogP contribution >= 0.6 is 0 Å². The van der Waals surface area contributed by atoms with Crippen molar-refractivity contribution in [2.24, 2.45) is 0 Å². The highest BCUT2D eigenvalue weighted by molar-refractivity contribution is 5.77. The molecule has 0 aliphatic carbocycles. The Morgan fingerprint density at radius 2 is 0.797 bits per heavy atom. The van der Waals surface area contributed by atoms with Crippen molar-refractivity contribution in [1.82, 2.24) is 5.32 Å². The van der Waals surface area contributed by atoms with Crippen molar-refractivity contribution in [2.75, 3.05) is 6.61 Å². The van der Waals surface area contributed by atoms with Crippen molar-refractivity contribution in [3.8, 4) is 0 Å². The molecule has 0 aromatic heterocycles. The number of carbonyl (C=O) groups is 2. The van der Waals surface area contributed by atoms with Gasteiger partial charge in [-0.1, -0.05) is 268 Å². The van der Waals surface area contributed by atoms with E-state index in [1.54, 1.807) is 0 Å². The lowest BCUT2D eigenvalue weighted by atomic mass is 10.0. The molecule has 0 heterocycles. The van der Waals surface area contributed by atoms with Crippen LogP contribution in [0.5, 0.6) is 0 Å². The first-order valence-corrected chi connectivity index (χ1v) is 27.9. The van der Waals surface area contributed by atoms with Gasteiger partial charge in [0.15, 0.2) is 0 Å². The molecule has 0 rings (SSSR count). The summed E-state index contributed by atoms with van der Waals surface area (Å²) in [4.78, 5) is 26.2. The first-order chi connectivity index (χ1) is 31.5. The first kappa shape index (κ1) is 61.8. The molecule has 6 nitrogen and oxygen atoms in total. The molecule has 3 unspecified atom stereocenters. The van der Waals surface area contributed by atoms with Gasteiger partial charge in [0.05, 0.1) is 25.2 Å². The lowest BCUT2D eigenvalue weighted by molar-refractivity contribution is -0.151. The van der Waals surface area contributed by atoms with Gasteiger partial charge in [-0.2, -0.15) is 0 Å². The van der Waals surface area contributed by atoms with Gasteiger partial charge in [-0.3, -0.25) is 9.59 Å². The predicted octanol–water partition coefficient (Wildman–Crippen LogP) is 17.0. The fraction of sp³-hybridized carbons (Fsp3) is 0.828. The summed E-state index contributed by atoms with van der Waals surface area (Å²) >= 11 is 0. The van der Waals surface area contributed by atoms with Crippen LogP contribution in [0.4, 0.5) is 0 Å². The van der Waals surface area contributed by atoms with Crippen LogP contribution in [0.3, 0.4) is 0 Å². The quantitative estimate of drug-likeness (QED) is 0.0321. The molecular formula is C58H107NO5. The number of rotatable bonds is 50. The number of amides is 1. The van der Waals surface area contributed by atoms with E-state index in [9.17, 15) is 19.8 Å². The number of unbranched alkanes of at least 4 members (excludes halogenated alkanes) is 33. The summed E-state index contributed by atoms with van der Waals surface area (Å²) in [6.07, 6.45) is 63.1. The van der Waals surface area contributed by atoms with Gasteiger partial charge in [-0.15, -0.1) is 0 Å². The minimum atomic E-state index is -0.798. The van der Waals surface area contributed by atoms with Gasteiger partial charge in [0, 0.05) is 6.42 Å². The van der Waals surface area contributed by atoms with Crippen molar-refractivity contribution in [3.63, 3.8) is 0 Å². The van der Waals surface area contributed by atoms with Crippen molar-refractivity contribution in [3.05, 3.63) is 48.6 Å². The van der Waals surface area contributed by atoms with E-state index in [1.807, 2.05) is 0 Å². The molecule has 0 aliphatic rings. The molecule has 3 N–H and O–H groups in total. The average molecular weight is 898 g/mol. The summed E-state index contributed by atoms with van der Waals surface area (Å²) in [6, 6.07) is -0.713. The van der Waals surface area contributed by atoms with Crippen LogP contribution in [-0.4, -0.2) is 46.9 Å². The highest BCUT2D eigenvalue weighted by Gasteiger charge is 2.24. The van der Waals surface area contributed by atoms with Crippen molar-refractivity contribution in [2.45, 2.75) is 302 Å². The number of aliphatic hydroxyl groups excluding tert-OH is 2. The summed E-state index contributed by atoms with van der Waals surface area (Å²) in [5.74, 6) is -0.500. The van der Waals surface area contributed by atoms with E-state index in [-0.39, 0.29) is 24.9 Å². The molecule has 0 spiro atoms. The Bertz CT molecular complexity index is 1100. The van der Waals surface area contributed by atoms with Crippen molar-refractivity contribution in [1.29, 1.82) is 0 Å². The third-order valence-corrected chi connectivity index (χ3v) is 12.8. The van der Waals surface area contributed by atoms with E-state index in [2.05, 4.69) is 74.7 Å². The van der Waals surface area contributed by atoms with Gasteiger partial charge >= 0.3 is 5.97 Å². The molecule has 0 saturated heterocycles. The molecule has 0 aliphatic heterocycles. The van der Waals surface area contributed by atoms with Crippen LogP contribution in [0.25, 0.3) is 0 Å². The third-order valence-electron chi connectivity index (χ3n) is 12.8. The van der Waals surface area contributed by atoms with Gasteiger partial charge in [0.25, 0.3) is 0 Å². The minimum absolute atomic E-state index is 0.0544. The molecule has 6 heteroatoms. The Kier molecular flexibility index (Phi) is 50.0. The molecule has 64 heavy (non-hydrogen) atoms. The Morgan fingerprint density at radius 1 is 0.453 bits per heavy atom. The zero-order chi connectivity index (χ0) is 46.7. The monoisotopic (exact) mass is 898 g/mol. The Labute approximate surface area is 397 Å². The molecule has 0 bridgehead atoms. The second-order valence-electron chi connectivity index (χ2n) is 19.1. The number of ether oxygens (including phenoxy) is 1. The summed E-state index contributed by atoms with van der Waals surface area (Å²) in [5, 5.41) is 23.8. The van der Waals surface area contributed by atoms with Crippen molar-refractivity contribution < 1.29 is 24.5 Å². The number of aliphatic hydroxyl groups is 2. The smallest absolute Gasteiger partial charge is 0.306 e. The summed E-state index contributed by atoms with van der Waals surface area (Å²) < 4.78 is 5.94. The SMILES string of the molecule is CCCCC/C=C/C=C/C=C/C=C/CCCCCC(CC(=O)NC(CO)C(O)CCCCCCCCCCCCCCC)OC(=O)CCCCCCCCCCCCCCCCCC. The van der Waals surface area contributed by atoms with E-state index in [4.69, 9.17) is 4.74 Å². The highest BCUT2D eigenvalue weighted by atomic mass is 16.5. The first-order valence-electron chi connectivity index (χ1n) is 27.9. The van der Waals surface area contributed by atoms with Crippen LogP contribution < -0.4 is 5.32 Å². The molecule has 0 fully saturated rings.